The van der Waals surface area contributed by atoms with Gasteiger partial charge in [0.2, 0.25) is 5.91 Å². The van der Waals surface area contributed by atoms with Crippen molar-refractivity contribution in [2.45, 2.75) is 26.3 Å². The molecule has 0 N–H and O–H groups in total. The Hall–Kier alpha value is -3.07. The third-order valence-corrected chi connectivity index (χ3v) is 5.35. The van der Waals surface area contributed by atoms with Gasteiger partial charge in [0.1, 0.15) is 10.8 Å². The number of carbonyl (C=O) groups is 2. The number of aromatic nitrogens is 1. The van der Waals surface area contributed by atoms with Crippen LogP contribution in [0.4, 0.5) is 14.5 Å². The van der Waals surface area contributed by atoms with Crippen LogP contribution in [0.15, 0.2) is 36.4 Å². The van der Waals surface area contributed by atoms with Crippen molar-refractivity contribution >= 4 is 39.1 Å². The van der Waals surface area contributed by atoms with Gasteiger partial charge in [-0.05, 0) is 31.2 Å². The van der Waals surface area contributed by atoms with E-state index in [1.54, 1.807) is 31.2 Å². The molecule has 3 rings (SSSR count). The molecule has 9 heteroatoms. The third kappa shape index (κ3) is 4.91. The number of benzene rings is 2. The van der Waals surface area contributed by atoms with Crippen LogP contribution in [0.25, 0.3) is 10.2 Å². The topological polar surface area (TPSA) is 68.7 Å². The number of halogens is 2. The van der Waals surface area contributed by atoms with Crippen molar-refractivity contribution in [2.24, 2.45) is 0 Å². The highest BCUT2D eigenvalue weighted by Crippen LogP contribution is 2.30. The molecule has 0 saturated heterocycles. The van der Waals surface area contributed by atoms with E-state index in [2.05, 4.69) is 4.98 Å². The molecule has 0 aliphatic rings. The first-order chi connectivity index (χ1) is 14.4. The van der Waals surface area contributed by atoms with Crippen LogP contribution in [-0.4, -0.2) is 30.6 Å². The fraction of sp³-hybridized carbons (Fsp3) is 0.286. The predicted molar refractivity (Wildman–Crippen MR) is 110 cm³/mol. The Balaban J connectivity index is 1.89. The second-order valence-corrected chi connectivity index (χ2v) is 7.39. The minimum Gasteiger partial charge on any atom is -0.497 e. The largest absolute Gasteiger partial charge is 0.497 e. The summed E-state index contributed by atoms with van der Waals surface area (Å²) >= 11 is 0.978. The van der Waals surface area contributed by atoms with Crippen molar-refractivity contribution in [3.8, 4) is 5.75 Å². The summed E-state index contributed by atoms with van der Waals surface area (Å²) in [7, 11) is 1.51. The quantitative estimate of drug-likeness (QED) is 0.490. The molecule has 1 amide bonds. The number of fused-ring (bicyclic) bond motifs is 1. The van der Waals surface area contributed by atoms with Crippen molar-refractivity contribution in [2.75, 3.05) is 18.6 Å². The first-order valence-corrected chi connectivity index (χ1v) is 10.1. The normalized spacial score (nSPS) is 10.8. The van der Waals surface area contributed by atoms with Crippen molar-refractivity contribution < 1.29 is 27.8 Å². The second kappa shape index (κ2) is 9.62. The van der Waals surface area contributed by atoms with Crippen LogP contribution in [0.1, 0.15) is 24.8 Å². The Bertz CT molecular complexity index is 1070. The van der Waals surface area contributed by atoms with Gasteiger partial charge in [-0.25, -0.2) is 13.8 Å². The average molecular weight is 434 g/mol. The molecule has 0 saturated carbocycles. The minimum atomic E-state index is -0.960. The van der Waals surface area contributed by atoms with E-state index in [0.717, 1.165) is 17.4 Å². The molecule has 2 aromatic carbocycles. The highest BCUT2D eigenvalue weighted by atomic mass is 32.1. The van der Waals surface area contributed by atoms with E-state index in [-0.39, 0.29) is 36.6 Å². The molecule has 3 aromatic rings. The average Bonchev–Trinajstić information content (AvgIpc) is 3.17. The molecule has 0 aliphatic carbocycles. The Morgan fingerprint density at radius 2 is 1.97 bits per heavy atom. The van der Waals surface area contributed by atoms with Gasteiger partial charge in [0.15, 0.2) is 11.6 Å². The lowest BCUT2D eigenvalue weighted by Crippen LogP contribution is -2.30. The summed E-state index contributed by atoms with van der Waals surface area (Å²) in [6.07, 6.45) is -0.128. The van der Waals surface area contributed by atoms with Crippen LogP contribution in [0.2, 0.25) is 0 Å². The fourth-order valence-electron chi connectivity index (χ4n) is 2.86. The molecule has 0 aliphatic heterocycles. The van der Waals surface area contributed by atoms with E-state index in [9.17, 15) is 18.4 Å². The lowest BCUT2D eigenvalue weighted by atomic mass is 10.2. The number of rotatable bonds is 8. The second-order valence-electron chi connectivity index (χ2n) is 6.30. The maximum Gasteiger partial charge on any atom is 0.306 e. The number of methoxy groups -OCH3 is 1. The molecule has 30 heavy (non-hydrogen) atoms. The van der Waals surface area contributed by atoms with Crippen LogP contribution >= 0.6 is 11.3 Å². The molecule has 6 nitrogen and oxygen atoms in total. The van der Waals surface area contributed by atoms with Gasteiger partial charge in [0.05, 0.1) is 36.9 Å². The van der Waals surface area contributed by atoms with Crippen LogP contribution in [0.3, 0.4) is 0 Å². The van der Waals surface area contributed by atoms with E-state index in [0.29, 0.717) is 22.0 Å². The number of ether oxygens (including phenoxy) is 2. The standard InChI is InChI=1S/C21H20F2N2O4S/c1-3-29-19(27)10-9-18(26)25(13-5-4-6-14(11-13)28-2)12-17-24-16-8-7-15(22)20(23)21(16)30-17/h4-8,11H,3,9-10,12H2,1-2H3. The van der Waals surface area contributed by atoms with Crippen molar-refractivity contribution in [1.82, 2.24) is 4.98 Å². The Labute approximate surface area is 176 Å². The molecule has 0 bridgehead atoms. The van der Waals surface area contributed by atoms with E-state index in [4.69, 9.17) is 9.47 Å². The summed E-state index contributed by atoms with van der Waals surface area (Å²) in [5.74, 6) is -2.16. The fourth-order valence-corrected chi connectivity index (χ4v) is 3.84. The van der Waals surface area contributed by atoms with Gasteiger partial charge < -0.3 is 14.4 Å². The van der Waals surface area contributed by atoms with Gasteiger partial charge >= 0.3 is 5.97 Å². The molecular weight excluding hydrogens is 414 g/mol. The first kappa shape index (κ1) is 21.6. The van der Waals surface area contributed by atoms with Gasteiger partial charge in [-0.15, -0.1) is 11.3 Å². The van der Waals surface area contributed by atoms with E-state index in [1.165, 1.54) is 18.1 Å². The monoisotopic (exact) mass is 434 g/mol. The highest BCUT2D eigenvalue weighted by molar-refractivity contribution is 7.18. The number of esters is 1. The van der Waals surface area contributed by atoms with Gasteiger partial charge in [0, 0.05) is 18.2 Å². The molecule has 0 unspecified atom stereocenters. The lowest BCUT2D eigenvalue weighted by Gasteiger charge is -2.22. The van der Waals surface area contributed by atoms with Gasteiger partial charge in [-0.3, -0.25) is 9.59 Å². The van der Waals surface area contributed by atoms with Crippen molar-refractivity contribution in [3.63, 3.8) is 0 Å². The first-order valence-electron chi connectivity index (χ1n) is 9.26. The third-order valence-electron chi connectivity index (χ3n) is 4.30. The van der Waals surface area contributed by atoms with Gasteiger partial charge in [-0.1, -0.05) is 6.07 Å². The molecule has 0 atom stereocenters. The smallest absolute Gasteiger partial charge is 0.306 e. The number of hydrogen-bond acceptors (Lipinski definition) is 6. The summed E-state index contributed by atoms with van der Waals surface area (Å²) < 4.78 is 37.8. The molecular formula is C21H20F2N2O4S. The number of carbonyl (C=O) groups excluding carboxylic acids is 2. The van der Waals surface area contributed by atoms with E-state index in [1.807, 2.05) is 0 Å². The minimum absolute atomic E-state index is 0.0369. The maximum atomic E-state index is 14.1. The summed E-state index contributed by atoms with van der Waals surface area (Å²) in [4.78, 5) is 30.3. The van der Waals surface area contributed by atoms with Crippen LogP contribution < -0.4 is 9.64 Å². The lowest BCUT2D eigenvalue weighted by molar-refractivity contribution is -0.144. The molecule has 0 fully saturated rings. The maximum absolute atomic E-state index is 14.1. The zero-order valence-corrected chi connectivity index (χ0v) is 17.3. The Morgan fingerprint density at radius 3 is 2.70 bits per heavy atom. The number of amides is 1. The Kier molecular flexibility index (Phi) is 6.94. The molecule has 158 valence electrons. The molecule has 0 radical (unpaired) electrons. The van der Waals surface area contributed by atoms with Crippen LogP contribution in [-0.2, 0) is 20.9 Å². The number of nitrogens with zero attached hydrogens (tertiary/aromatic N) is 2. The van der Waals surface area contributed by atoms with Gasteiger partial charge in [-0.2, -0.15) is 0 Å². The summed E-state index contributed by atoms with van der Waals surface area (Å²) in [6, 6.07) is 9.28. The van der Waals surface area contributed by atoms with Gasteiger partial charge in [0.25, 0.3) is 0 Å². The van der Waals surface area contributed by atoms with Crippen LogP contribution in [0.5, 0.6) is 5.75 Å². The summed E-state index contributed by atoms with van der Waals surface area (Å²) in [6.45, 7) is 1.97. The number of thiazole rings is 1. The zero-order valence-electron chi connectivity index (χ0n) is 16.5. The zero-order chi connectivity index (χ0) is 21.7. The SMILES string of the molecule is CCOC(=O)CCC(=O)N(Cc1nc2ccc(F)c(F)c2s1)c1cccc(OC)c1. The molecule has 1 aromatic heterocycles. The number of anilines is 1. The van der Waals surface area contributed by atoms with Crippen LogP contribution in [0, 0.1) is 11.6 Å². The molecule has 1 heterocycles. The highest BCUT2D eigenvalue weighted by Gasteiger charge is 2.21. The number of hydrogen-bond donors (Lipinski definition) is 0. The summed E-state index contributed by atoms with van der Waals surface area (Å²) in [5, 5.41) is 0.432. The predicted octanol–water partition coefficient (Wildman–Crippen LogP) is 4.46. The van der Waals surface area contributed by atoms with Crippen molar-refractivity contribution in [3.05, 3.63) is 53.0 Å². The molecule has 0 spiro atoms. The van der Waals surface area contributed by atoms with E-state index >= 15 is 0 Å². The summed E-state index contributed by atoms with van der Waals surface area (Å²) in [5.41, 5.74) is 0.854. The Morgan fingerprint density at radius 1 is 1.17 bits per heavy atom. The van der Waals surface area contributed by atoms with E-state index < -0.39 is 17.6 Å². The van der Waals surface area contributed by atoms with Crippen molar-refractivity contribution in [1.29, 1.82) is 0 Å².